The number of hydrogen-bond donors (Lipinski definition) is 3. The molecule has 0 fully saturated rings. The monoisotopic (exact) mass is 472 g/mol. The molecule has 3 N–H and O–H groups in total. The molecule has 0 saturated carbocycles. The maximum Gasteiger partial charge on any atom is 0.271 e. The number of phenols is 1. The predicted molar refractivity (Wildman–Crippen MR) is 128 cm³/mol. The van der Waals surface area contributed by atoms with Gasteiger partial charge in [0.15, 0.2) is 0 Å². The highest BCUT2D eigenvalue weighted by atomic mass is 16.6. The van der Waals surface area contributed by atoms with Gasteiger partial charge in [0, 0.05) is 41.2 Å². The Morgan fingerprint density at radius 3 is 1.83 bits per heavy atom. The fourth-order valence-electron chi connectivity index (χ4n) is 3.40. The van der Waals surface area contributed by atoms with Crippen molar-refractivity contribution in [2.75, 3.05) is 10.6 Å². The molecule has 11 nitrogen and oxygen atoms in total. The number of hydrogen-bond acceptors (Lipinski definition) is 7. The van der Waals surface area contributed by atoms with Crippen LogP contribution in [-0.4, -0.2) is 26.8 Å². The van der Waals surface area contributed by atoms with Crippen LogP contribution in [0.2, 0.25) is 0 Å². The number of nitrogens with one attached hydrogen (secondary N) is 2. The minimum Gasteiger partial charge on any atom is -0.507 e. The van der Waals surface area contributed by atoms with E-state index in [9.17, 15) is 34.9 Å². The first-order valence-corrected chi connectivity index (χ1v) is 10.1. The van der Waals surface area contributed by atoms with Crippen LogP contribution in [0.15, 0.2) is 78.9 Å². The number of carbonyl (C=O) groups excluding carboxylic acids is 2. The molecule has 0 spiro atoms. The van der Waals surface area contributed by atoms with Crippen LogP contribution < -0.4 is 10.6 Å². The molecule has 0 radical (unpaired) electrons. The lowest BCUT2D eigenvalue weighted by Crippen LogP contribution is -2.13. The highest BCUT2D eigenvalue weighted by molar-refractivity contribution is 6.10. The summed E-state index contributed by atoms with van der Waals surface area (Å²) in [6, 6.07) is 18.2. The molecule has 0 aliphatic heterocycles. The van der Waals surface area contributed by atoms with E-state index in [2.05, 4.69) is 10.6 Å². The van der Waals surface area contributed by atoms with Crippen LogP contribution >= 0.6 is 0 Å². The van der Waals surface area contributed by atoms with Gasteiger partial charge in [-0.1, -0.05) is 18.2 Å². The number of fused-ring (bicyclic) bond motifs is 1. The summed E-state index contributed by atoms with van der Waals surface area (Å²) in [5, 5.41) is 38.4. The fourth-order valence-corrected chi connectivity index (χ4v) is 3.40. The lowest BCUT2D eigenvalue weighted by Gasteiger charge is -2.10. The Kier molecular flexibility index (Phi) is 6.06. The lowest BCUT2D eigenvalue weighted by molar-refractivity contribution is -0.385. The third-order valence-corrected chi connectivity index (χ3v) is 5.09. The van der Waals surface area contributed by atoms with Gasteiger partial charge in [0.2, 0.25) is 0 Å². The van der Waals surface area contributed by atoms with E-state index in [-0.39, 0.29) is 39.6 Å². The van der Waals surface area contributed by atoms with Crippen molar-refractivity contribution >= 4 is 45.3 Å². The third kappa shape index (κ3) is 5.03. The zero-order valence-corrected chi connectivity index (χ0v) is 17.8. The summed E-state index contributed by atoms with van der Waals surface area (Å²) < 4.78 is 0. The molecule has 0 aliphatic carbocycles. The summed E-state index contributed by atoms with van der Waals surface area (Å²) in [4.78, 5) is 46.1. The molecule has 0 aromatic heterocycles. The zero-order valence-electron chi connectivity index (χ0n) is 17.8. The van der Waals surface area contributed by atoms with Crippen molar-refractivity contribution in [2.45, 2.75) is 0 Å². The summed E-state index contributed by atoms with van der Waals surface area (Å²) in [5.74, 6) is -1.53. The molecular formula is C24H16N4O7. The van der Waals surface area contributed by atoms with Crippen molar-refractivity contribution in [3.8, 4) is 5.75 Å². The molecule has 4 aromatic carbocycles. The first-order valence-electron chi connectivity index (χ1n) is 10.1. The SMILES string of the molecule is O=C(Nc1cccc([N+](=O)[O-])c1)c1ccc2cc(O)c(C(=O)Nc3cccc([N+](=O)[O-])c3)cc2c1. The van der Waals surface area contributed by atoms with Gasteiger partial charge in [-0.3, -0.25) is 29.8 Å². The molecule has 0 saturated heterocycles. The molecule has 0 bridgehead atoms. The number of carbonyl (C=O) groups is 2. The van der Waals surface area contributed by atoms with E-state index in [4.69, 9.17) is 0 Å². The number of rotatable bonds is 6. The van der Waals surface area contributed by atoms with Crippen LogP contribution in [0.5, 0.6) is 5.75 Å². The lowest BCUT2D eigenvalue weighted by atomic mass is 10.0. The topological polar surface area (TPSA) is 165 Å². The summed E-state index contributed by atoms with van der Waals surface area (Å²) in [5.41, 5.74) is 0.168. The highest BCUT2D eigenvalue weighted by Crippen LogP contribution is 2.28. The first kappa shape index (κ1) is 22.9. The average molecular weight is 472 g/mol. The van der Waals surface area contributed by atoms with Crippen LogP contribution in [0.4, 0.5) is 22.7 Å². The predicted octanol–water partition coefficient (Wildman–Crippen LogP) is 4.87. The van der Waals surface area contributed by atoms with Crippen LogP contribution in [0.25, 0.3) is 10.8 Å². The van der Waals surface area contributed by atoms with Gasteiger partial charge >= 0.3 is 0 Å². The van der Waals surface area contributed by atoms with Gasteiger partial charge in [-0.2, -0.15) is 0 Å². The summed E-state index contributed by atoms with van der Waals surface area (Å²) in [6.07, 6.45) is 0. The second-order valence-corrected chi connectivity index (χ2v) is 7.45. The minimum absolute atomic E-state index is 0.0970. The van der Waals surface area contributed by atoms with Gasteiger partial charge in [-0.15, -0.1) is 0 Å². The Labute approximate surface area is 196 Å². The van der Waals surface area contributed by atoms with E-state index in [1.807, 2.05) is 0 Å². The second kappa shape index (κ2) is 9.27. The van der Waals surface area contributed by atoms with E-state index in [0.717, 1.165) is 0 Å². The number of phenolic OH excluding ortho intramolecular Hbond substituents is 1. The van der Waals surface area contributed by atoms with Crippen molar-refractivity contribution < 1.29 is 24.5 Å². The Bertz CT molecular complexity index is 1520. The van der Waals surface area contributed by atoms with Gasteiger partial charge in [0.05, 0.1) is 15.4 Å². The van der Waals surface area contributed by atoms with E-state index in [1.165, 1.54) is 72.8 Å². The van der Waals surface area contributed by atoms with Gasteiger partial charge in [-0.25, -0.2) is 0 Å². The molecule has 2 amide bonds. The van der Waals surface area contributed by atoms with Crippen molar-refractivity contribution in [1.82, 2.24) is 0 Å². The summed E-state index contributed by atoms with van der Waals surface area (Å²) >= 11 is 0. The van der Waals surface area contributed by atoms with Crippen molar-refractivity contribution in [3.63, 3.8) is 0 Å². The molecule has 4 aromatic rings. The van der Waals surface area contributed by atoms with Gasteiger partial charge < -0.3 is 15.7 Å². The fraction of sp³-hybridized carbons (Fsp3) is 0. The molecule has 0 aliphatic rings. The molecular weight excluding hydrogens is 456 g/mol. The van der Waals surface area contributed by atoms with Crippen LogP contribution in [0.1, 0.15) is 20.7 Å². The van der Waals surface area contributed by atoms with E-state index >= 15 is 0 Å². The molecule has 11 heteroatoms. The van der Waals surface area contributed by atoms with E-state index < -0.39 is 21.7 Å². The van der Waals surface area contributed by atoms with Gasteiger partial charge in [0.25, 0.3) is 23.2 Å². The number of benzene rings is 4. The number of non-ortho nitro benzene ring substituents is 2. The molecule has 174 valence electrons. The Hall–Kier alpha value is -5.32. The maximum absolute atomic E-state index is 12.7. The number of anilines is 2. The molecule has 0 unspecified atom stereocenters. The average Bonchev–Trinajstić information content (AvgIpc) is 2.83. The van der Waals surface area contributed by atoms with Gasteiger partial charge in [0.1, 0.15) is 5.75 Å². The summed E-state index contributed by atoms with van der Waals surface area (Å²) in [6.45, 7) is 0. The Morgan fingerprint density at radius 2 is 1.26 bits per heavy atom. The van der Waals surface area contributed by atoms with Gasteiger partial charge in [-0.05, 0) is 47.2 Å². The molecule has 35 heavy (non-hydrogen) atoms. The van der Waals surface area contributed by atoms with Crippen LogP contribution in [0, 0.1) is 20.2 Å². The zero-order chi connectivity index (χ0) is 25.1. The van der Waals surface area contributed by atoms with Crippen molar-refractivity contribution in [2.24, 2.45) is 0 Å². The number of nitro groups is 2. The quantitative estimate of drug-likeness (QED) is 0.266. The minimum atomic E-state index is -0.698. The van der Waals surface area contributed by atoms with Crippen LogP contribution in [0.3, 0.4) is 0 Å². The maximum atomic E-state index is 12.7. The number of nitrogens with zero attached hydrogens (tertiary/aromatic N) is 2. The van der Waals surface area contributed by atoms with Crippen molar-refractivity contribution in [1.29, 1.82) is 0 Å². The molecule has 0 heterocycles. The van der Waals surface area contributed by atoms with E-state index in [0.29, 0.717) is 10.8 Å². The smallest absolute Gasteiger partial charge is 0.271 e. The number of amides is 2. The standard InChI is InChI=1S/C24H16N4O7/c29-22-11-14-7-8-15(23(30)25-17-3-1-5-19(12-17)27(32)33)9-16(14)10-21(22)24(31)26-18-4-2-6-20(13-18)28(34)35/h1-13,29H,(H,25,30)(H,26,31). The highest BCUT2D eigenvalue weighted by Gasteiger charge is 2.16. The Morgan fingerprint density at radius 1 is 0.686 bits per heavy atom. The molecule has 0 atom stereocenters. The first-order chi connectivity index (χ1) is 16.7. The summed E-state index contributed by atoms with van der Waals surface area (Å²) in [7, 11) is 0. The van der Waals surface area contributed by atoms with Crippen LogP contribution in [-0.2, 0) is 0 Å². The molecule has 4 rings (SSSR count). The Balaban J connectivity index is 1.60. The van der Waals surface area contributed by atoms with Crippen molar-refractivity contribution in [3.05, 3.63) is 110 Å². The van der Waals surface area contributed by atoms with E-state index in [1.54, 1.807) is 6.07 Å². The third-order valence-electron chi connectivity index (χ3n) is 5.09. The largest absolute Gasteiger partial charge is 0.507 e. The number of nitro benzene ring substituents is 2. The normalized spacial score (nSPS) is 10.5. The second-order valence-electron chi connectivity index (χ2n) is 7.45. The number of aromatic hydroxyl groups is 1.